The summed E-state index contributed by atoms with van der Waals surface area (Å²) in [5.74, 6) is -1.22. The van der Waals surface area contributed by atoms with Crippen molar-refractivity contribution in [3.63, 3.8) is 0 Å². The van der Waals surface area contributed by atoms with Crippen molar-refractivity contribution in [2.45, 2.75) is 47.1 Å². The van der Waals surface area contributed by atoms with Crippen LogP contribution in [0.4, 0.5) is 5.69 Å². The van der Waals surface area contributed by atoms with Crippen LogP contribution in [0.2, 0.25) is 0 Å². The molecule has 0 radical (unpaired) electrons. The molecule has 0 unspecified atom stereocenters. The zero-order chi connectivity index (χ0) is 25.3. The standard InChI is InChI=1S/C27H28N4O4/c1-5-6-24(32)21-13-28-31(18(21)4)20-10-8-19(9-11-20)29-27(35)22-14-30(15-25(33)34)23-12-7-16(2)17(3)26(22)23/h7-14H,5-6,15H2,1-4H3,(H,29,35)(H,33,34). The van der Waals surface area contributed by atoms with E-state index in [1.54, 1.807) is 33.8 Å². The van der Waals surface area contributed by atoms with Gasteiger partial charge in [-0.05, 0) is 68.7 Å². The van der Waals surface area contributed by atoms with E-state index in [-0.39, 0.29) is 18.2 Å². The molecule has 35 heavy (non-hydrogen) atoms. The Morgan fingerprint density at radius 2 is 1.71 bits per heavy atom. The van der Waals surface area contributed by atoms with Gasteiger partial charge in [-0.15, -0.1) is 0 Å². The van der Waals surface area contributed by atoms with Crippen LogP contribution in [0.5, 0.6) is 0 Å². The number of nitrogens with zero attached hydrogens (tertiary/aromatic N) is 3. The third-order valence-electron chi connectivity index (χ3n) is 6.28. The maximum atomic E-state index is 13.2. The largest absolute Gasteiger partial charge is 0.480 e. The number of aromatic nitrogens is 3. The van der Waals surface area contributed by atoms with Crippen molar-refractivity contribution in [3.05, 3.63) is 76.7 Å². The molecule has 0 fully saturated rings. The number of carbonyl (C=O) groups excluding carboxylic acids is 2. The molecule has 2 aromatic heterocycles. The van der Waals surface area contributed by atoms with E-state index in [9.17, 15) is 19.5 Å². The lowest BCUT2D eigenvalue weighted by Crippen LogP contribution is -2.12. The first kappa shape index (κ1) is 23.9. The molecule has 1 amide bonds. The average molecular weight is 473 g/mol. The Balaban J connectivity index is 1.61. The number of benzene rings is 2. The number of nitrogens with one attached hydrogen (secondary N) is 1. The summed E-state index contributed by atoms with van der Waals surface area (Å²) in [6.07, 6.45) is 4.46. The maximum Gasteiger partial charge on any atom is 0.323 e. The van der Waals surface area contributed by atoms with E-state index in [0.29, 0.717) is 28.8 Å². The second-order valence-corrected chi connectivity index (χ2v) is 8.70. The number of aryl methyl sites for hydroxylation is 2. The van der Waals surface area contributed by atoms with Crippen LogP contribution in [0.25, 0.3) is 16.6 Å². The zero-order valence-electron chi connectivity index (χ0n) is 20.3. The van der Waals surface area contributed by atoms with Crippen LogP contribution in [0.1, 0.15) is 57.3 Å². The maximum absolute atomic E-state index is 13.2. The number of carboxylic acid groups (broad SMARTS) is 1. The number of rotatable bonds is 8. The Labute approximate surface area is 203 Å². The van der Waals surface area contributed by atoms with Crippen LogP contribution in [0.3, 0.4) is 0 Å². The lowest BCUT2D eigenvalue weighted by Gasteiger charge is -2.09. The quantitative estimate of drug-likeness (QED) is 0.348. The second-order valence-electron chi connectivity index (χ2n) is 8.70. The van der Waals surface area contributed by atoms with E-state index in [1.807, 2.05) is 52.0 Å². The molecular weight excluding hydrogens is 444 g/mol. The number of aliphatic carboxylic acids is 1. The fraction of sp³-hybridized carbons (Fsp3) is 0.259. The molecule has 0 saturated heterocycles. The van der Waals surface area contributed by atoms with Crippen molar-refractivity contribution in [2.24, 2.45) is 0 Å². The van der Waals surface area contributed by atoms with Gasteiger partial charge in [-0.3, -0.25) is 14.4 Å². The first-order chi connectivity index (χ1) is 16.7. The Bertz CT molecular complexity index is 1440. The fourth-order valence-electron chi connectivity index (χ4n) is 4.31. The van der Waals surface area contributed by atoms with E-state index < -0.39 is 5.97 Å². The lowest BCUT2D eigenvalue weighted by atomic mass is 10.0. The molecule has 4 aromatic rings. The van der Waals surface area contributed by atoms with Crippen molar-refractivity contribution in [3.8, 4) is 5.69 Å². The van der Waals surface area contributed by atoms with Gasteiger partial charge >= 0.3 is 5.97 Å². The van der Waals surface area contributed by atoms with E-state index in [1.165, 1.54) is 0 Å². The number of fused-ring (bicyclic) bond motifs is 1. The fourth-order valence-corrected chi connectivity index (χ4v) is 4.31. The molecule has 180 valence electrons. The number of amides is 1. The molecule has 2 heterocycles. The molecule has 0 aliphatic carbocycles. The summed E-state index contributed by atoms with van der Waals surface area (Å²) < 4.78 is 3.29. The van der Waals surface area contributed by atoms with Crippen molar-refractivity contribution >= 4 is 34.3 Å². The number of hydrogen-bond donors (Lipinski definition) is 2. The van der Waals surface area contributed by atoms with E-state index in [0.717, 1.165) is 34.3 Å². The highest BCUT2D eigenvalue weighted by Gasteiger charge is 2.19. The summed E-state index contributed by atoms with van der Waals surface area (Å²) in [4.78, 5) is 36.8. The molecule has 4 rings (SSSR count). The first-order valence-corrected chi connectivity index (χ1v) is 11.5. The summed E-state index contributed by atoms with van der Waals surface area (Å²) in [5.41, 5.74) is 5.86. The predicted octanol–water partition coefficient (Wildman–Crippen LogP) is 5.07. The molecule has 0 aliphatic rings. The number of anilines is 1. The van der Waals surface area contributed by atoms with Crippen LogP contribution in [-0.4, -0.2) is 37.1 Å². The Morgan fingerprint density at radius 3 is 2.37 bits per heavy atom. The highest BCUT2D eigenvalue weighted by Crippen LogP contribution is 2.28. The molecular formula is C27H28N4O4. The van der Waals surface area contributed by atoms with Crippen molar-refractivity contribution in [2.75, 3.05) is 5.32 Å². The molecule has 0 aliphatic heterocycles. The summed E-state index contributed by atoms with van der Waals surface area (Å²) in [7, 11) is 0. The van der Waals surface area contributed by atoms with Gasteiger partial charge in [-0.25, -0.2) is 4.68 Å². The van der Waals surface area contributed by atoms with Gasteiger partial charge < -0.3 is 15.0 Å². The Kier molecular flexibility index (Phi) is 6.55. The topological polar surface area (TPSA) is 106 Å². The summed E-state index contributed by atoms with van der Waals surface area (Å²) in [6.45, 7) is 7.50. The van der Waals surface area contributed by atoms with Gasteiger partial charge in [0.15, 0.2) is 5.78 Å². The minimum atomic E-state index is -0.976. The number of ketones is 1. The zero-order valence-corrected chi connectivity index (χ0v) is 20.3. The number of hydrogen-bond acceptors (Lipinski definition) is 4. The predicted molar refractivity (Wildman–Crippen MR) is 135 cm³/mol. The number of carbonyl (C=O) groups is 3. The summed E-state index contributed by atoms with van der Waals surface area (Å²) in [6, 6.07) is 11.0. The summed E-state index contributed by atoms with van der Waals surface area (Å²) in [5, 5.41) is 17.3. The normalized spacial score (nSPS) is 11.1. The van der Waals surface area contributed by atoms with E-state index in [4.69, 9.17) is 0 Å². The second kappa shape index (κ2) is 9.58. The van der Waals surface area contributed by atoms with Gasteiger partial charge in [-0.2, -0.15) is 5.10 Å². The van der Waals surface area contributed by atoms with Crippen molar-refractivity contribution in [1.82, 2.24) is 14.3 Å². The third kappa shape index (κ3) is 4.59. The minimum Gasteiger partial charge on any atom is -0.480 e. The highest BCUT2D eigenvalue weighted by molar-refractivity contribution is 6.14. The first-order valence-electron chi connectivity index (χ1n) is 11.5. The van der Waals surface area contributed by atoms with Gasteiger partial charge in [0.2, 0.25) is 0 Å². The third-order valence-corrected chi connectivity index (χ3v) is 6.28. The van der Waals surface area contributed by atoms with E-state index >= 15 is 0 Å². The van der Waals surface area contributed by atoms with Crippen LogP contribution in [0, 0.1) is 20.8 Å². The smallest absolute Gasteiger partial charge is 0.323 e. The highest BCUT2D eigenvalue weighted by atomic mass is 16.4. The van der Waals surface area contributed by atoms with Gasteiger partial charge in [0.1, 0.15) is 6.54 Å². The van der Waals surface area contributed by atoms with Gasteiger partial charge in [0.05, 0.1) is 28.7 Å². The monoisotopic (exact) mass is 472 g/mol. The molecule has 8 nitrogen and oxygen atoms in total. The van der Waals surface area contributed by atoms with Gasteiger partial charge in [0, 0.05) is 29.2 Å². The van der Waals surface area contributed by atoms with Crippen LogP contribution in [0.15, 0.2) is 48.8 Å². The van der Waals surface area contributed by atoms with E-state index in [2.05, 4.69) is 10.4 Å². The van der Waals surface area contributed by atoms with Crippen molar-refractivity contribution in [1.29, 1.82) is 0 Å². The summed E-state index contributed by atoms with van der Waals surface area (Å²) >= 11 is 0. The Morgan fingerprint density at radius 1 is 1.00 bits per heavy atom. The van der Waals surface area contributed by atoms with Crippen LogP contribution in [-0.2, 0) is 11.3 Å². The average Bonchev–Trinajstić information content (AvgIpc) is 3.38. The SMILES string of the molecule is CCCC(=O)c1cnn(-c2ccc(NC(=O)c3cn(CC(=O)O)c4ccc(C)c(C)c34)cc2)c1C. The van der Waals surface area contributed by atoms with Gasteiger partial charge in [0.25, 0.3) is 5.91 Å². The number of carboxylic acids is 1. The molecule has 0 bridgehead atoms. The molecule has 0 atom stereocenters. The lowest BCUT2D eigenvalue weighted by molar-refractivity contribution is -0.137. The molecule has 2 N–H and O–H groups in total. The molecule has 2 aromatic carbocycles. The number of Topliss-reactive ketones (excluding diaryl/α,β-unsaturated/α-hetero) is 1. The van der Waals surface area contributed by atoms with Crippen LogP contribution < -0.4 is 5.32 Å². The van der Waals surface area contributed by atoms with Crippen LogP contribution >= 0.6 is 0 Å². The molecule has 8 heteroatoms. The molecule has 0 saturated carbocycles. The minimum absolute atomic E-state index is 0.0766. The molecule has 0 spiro atoms. The van der Waals surface area contributed by atoms with Gasteiger partial charge in [-0.1, -0.05) is 13.0 Å². The Hall–Kier alpha value is -4.20. The van der Waals surface area contributed by atoms with Crippen molar-refractivity contribution < 1.29 is 19.5 Å².